The highest BCUT2D eigenvalue weighted by Gasteiger charge is 2.11. The molecule has 0 N–H and O–H groups in total. The van der Waals surface area contributed by atoms with Gasteiger partial charge in [0.25, 0.3) is 5.56 Å². The minimum atomic E-state index is -0.0150. The Labute approximate surface area is 122 Å². The van der Waals surface area contributed by atoms with Gasteiger partial charge in [0.05, 0.1) is 17.1 Å². The maximum atomic E-state index is 12.3. The Balaban J connectivity index is 2.22. The first kappa shape index (κ1) is 13.2. The molecule has 0 bridgehead atoms. The first-order valence-corrected chi connectivity index (χ1v) is 6.74. The fraction of sp³-hybridized carbons (Fsp3) is 0.118. The lowest BCUT2D eigenvalue weighted by molar-refractivity contribution is 0.953. The molecule has 3 aromatic rings. The molecule has 0 fully saturated rings. The Bertz CT molecular complexity index is 838. The molecule has 3 heterocycles. The third-order valence-corrected chi connectivity index (χ3v) is 3.48. The molecule has 0 unspecified atom stereocenters. The number of nitrogens with zero attached hydrogens (tertiary/aromatic N) is 3. The maximum absolute atomic E-state index is 12.3. The van der Waals surface area contributed by atoms with Crippen LogP contribution in [0.1, 0.15) is 11.1 Å². The summed E-state index contributed by atoms with van der Waals surface area (Å²) in [5.74, 6) is 0. The van der Waals surface area contributed by atoms with Crippen molar-refractivity contribution in [2.75, 3.05) is 0 Å². The molecule has 0 aliphatic carbocycles. The van der Waals surface area contributed by atoms with Crippen molar-refractivity contribution >= 4 is 0 Å². The van der Waals surface area contributed by atoms with E-state index in [1.165, 1.54) is 0 Å². The summed E-state index contributed by atoms with van der Waals surface area (Å²) in [6.07, 6.45) is 5.23. The van der Waals surface area contributed by atoms with Crippen LogP contribution in [0.15, 0.2) is 59.8 Å². The minimum Gasteiger partial charge on any atom is -0.284 e. The van der Waals surface area contributed by atoms with E-state index in [9.17, 15) is 4.79 Å². The summed E-state index contributed by atoms with van der Waals surface area (Å²) in [7, 11) is 0. The van der Waals surface area contributed by atoms with Crippen LogP contribution in [0.25, 0.3) is 17.1 Å². The van der Waals surface area contributed by atoms with Crippen LogP contribution >= 0.6 is 0 Å². The van der Waals surface area contributed by atoms with Crippen molar-refractivity contribution in [2.45, 2.75) is 13.8 Å². The summed E-state index contributed by atoms with van der Waals surface area (Å²) in [4.78, 5) is 21.0. The molecule has 21 heavy (non-hydrogen) atoms. The molecule has 0 amide bonds. The van der Waals surface area contributed by atoms with Crippen LogP contribution in [0.5, 0.6) is 0 Å². The lowest BCUT2D eigenvalue weighted by Crippen LogP contribution is -2.20. The van der Waals surface area contributed by atoms with E-state index in [-0.39, 0.29) is 5.56 Å². The zero-order chi connectivity index (χ0) is 14.8. The number of hydrogen-bond donors (Lipinski definition) is 0. The van der Waals surface area contributed by atoms with Gasteiger partial charge < -0.3 is 0 Å². The van der Waals surface area contributed by atoms with Gasteiger partial charge in [0.1, 0.15) is 0 Å². The highest BCUT2D eigenvalue weighted by molar-refractivity contribution is 5.63. The smallest absolute Gasteiger partial charge is 0.257 e. The van der Waals surface area contributed by atoms with E-state index in [1.807, 2.05) is 50.2 Å². The maximum Gasteiger partial charge on any atom is 0.257 e. The molecule has 0 atom stereocenters. The predicted octanol–water partition coefficient (Wildman–Crippen LogP) is 2.91. The Kier molecular flexibility index (Phi) is 3.36. The molecule has 0 aliphatic rings. The summed E-state index contributed by atoms with van der Waals surface area (Å²) in [5, 5.41) is 0. The van der Waals surface area contributed by atoms with Gasteiger partial charge in [0, 0.05) is 29.7 Å². The summed E-state index contributed by atoms with van der Waals surface area (Å²) in [5.41, 5.74) is 4.06. The lowest BCUT2D eigenvalue weighted by atomic mass is 10.1. The molecule has 4 nitrogen and oxygen atoms in total. The minimum absolute atomic E-state index is 0.0150. The van der Waals surface area contributed by atoms with Crippen molar-refractivity contribution in [2.24, 2.45) is 0 Å². The average Bonchev–Trinajstić information content (AvgIpc) is 2.52. The van der Waals surface area contributed by atoms with E-state index in [4.69, 9.17) is 0 Å². The van der Waals surface area contributed by atoms with Crippen molar-refractivity contribution in [1.29, 1.82) is 0 Å². The summed E-state index contributed by atoms with van der Waals surface area (Å²) in [6.45, 7) is 3.77. The molecule has 0 saturated carbocycles. The number of aryl methyl sites for hydroxylation is 1. The molecule has 0 spiro atoms. The molecule has 0 aliphatic heterocycles. The Morgan fingerprint density at radius 1 is 0.952 bits per heavy atom. The van der Waals surface area contributed by atoms with Crippen LogP contribution in [0.2, 0.25) is 0 Å². The van der Waals surface area contributed by atoms with Crippen LogP contribution in [-0.4, -0.2) is 14.5 Å². The van der Waals surface area contributed by atoms with E-state index in [2.05, 4.69) is 9.97 Å². The molecule has 3 rings (SSSR count). The van der Waals surface area contributed by atoms with Gasteiger partial charge in [0.15, 0.2) is 0 Å². The zero-order valence-electron chi connectivity index (χ0n) is 11.9. The van der Waals surface area contributed by atoms with Crippen molar-refractivity contribution in [1.82, 2.24) is 14.5 Å². The second kappa shape index (κ2) is 5.32. The Hall–Kier alpha value is -2.75. The molecule has 0 aromatic carbocycles. The van der Waals surface area contributed by atoms with E-state index >= 15 is 0 Å². The first-order chi connectivity index (χ1) is 10.2. The molecular formula is C17H15N3O. The molecular weight excluding hydrogens is 262 g/mol. The third-order valence-electron chi connectivity index (χ3n) is 3.48. The topological polar surface area (TPSA) is 47.8 Å². The Morgan fingerprint density at radius 3 is 2.57 bits per heavy atom. The number of pyridine rings is 3. The number of hydrogen-bond acceptors (Lipinski definition) is 3. The Morgan fingerprint density at radius 2 is 1.81 bits per heavy atom. The number of aromatic nitrogens is 3. The van der Waals surface area contributed by atoms with Gasteiger partial charge in [-0.3, -0.25) is 19.3 Å². The van der Waals surface area contributed by atoms with Crippen LogP contribution in [0, 0.1) is 13.8 Å². The highest BCUT2D eigenvalue weighted by Crippen LogP contribution is 2.23. The summed E-state index contributed by atoms with van der Waals surface area (Å²) < 4.78 is 1.65. The van der Waals surface area contributed by atoms with Crippen LogP contribution in [0.4, 0.5) is 0 Å². The van der Waals surface area contributed by atoms with Gasteiger partial charge in [0.2, 0.25) is 0 Å². The highest BCUT2D eigenvalue weighted by atomic mass is 16.1. The molecule has 4 heteroatoms. The molecule has 0 saturated heterocycles. The average molecular weight is 277 g/mol. The van der Waals surface area contributed by atoms with E-state index in [0.717, 1.165) is 22.6 Å². The zero-order valence-corrected chi connectivity index (χ0v) is 11.9. The molecule has 0 radical (unpaired) electrons. The van der Waals surface area contributed by atoms with E-state index in [0.29, 0.717) is 5.56 Å². The second-order valence-corrected chi connectivity index (χ2v) is 4.89. The normalized spacial score (nSPS) is 10.6. The van der Waals surface area contributed by atoms with Crippen molar-refractivity contribution < 1.29 is 0 Å². The lowest BCUT2D eigenvalue weighted by Gasteiger charge is -2.12. The number of rotatable bonds is 2. The third kappa shape index (κ3) is 2.36. The molecule has 3 aromatic heterocycles. The first-order valence-electron chi connectivity index (χ1n) is 6.74. The molecule has 104 valence electrons. The van der Waals surface area contributed by atoms with E-state index < -0.39 is 0 Å². The fourth-order valence-corrected chi connectivity index (χ4v) is 2.34. The van der Waals surface area contributed by atoms with Gasteiger partial charge >= 0.3 is 0 Å². The summed E-state index contributed by atoms with van der Waals surface area (Å²) in [6, 6.07) is 11.2. The van der Waals surface area contributed by atoms with Crippen LogP contribution in [0.3, 0.4) is 0 Å². The van der Waals surface area contributed by atoms with Crippen molar-refractivity contribution in [3.05, 3.63) is 76.5 Å². The van der Waals surface area contributed by atoms with Crippen molar-refractivity contribution in [3.8, 4) is 17.1 Å². The van der Waals surface area contributed by atoms with Crippen LogP contribution < -0.4 is 5.56 Å². The van der Waals surface area contributed by atoms with Gasteiger partial charge in [-0.05, 0) is 38.1 Å². The quantitative estimate of drug-likeness (QED) is 0.723. The van der Waals surface area contributed by atoms with Gasteiger partial charge in [-0.15, -0.1) is 0 Å². The van der Waals surface area contributed by atoms with Crippen molar-refractivity contribution in [3.63, 3.8) is 0 Å². The summed E-state index contributed by atoms with van der Waals surface area (Å²) >= 11 is 0. The van der Waals surface area contributed by atoms with Gasteiger partial charge in [-0.1, -0.05) is 12.1 Å². The predicted molar refractivity (Wildman–Crippen MR) is 82.5 cm³/mol. The van der Waals surface area contributed by atoms with Crippen LogP contribution in [-0.2, 0) is 0 Å². The largest absolute Gasteiger partial charge is 0.284 e. The second-order valence-electron chi connectivity index (χ2n) is 4.89. The SMILES string of the molecule is Cc1c(-n2cccc(C)c2=O)ccnc1-c1ccccn1. The monoisotopic (exact) mass is 277 g/mol. The fourth-order valence-electron chi connectivity index (χ4n) is 2.34. The van der Waals surface area contributed by atoms with Gasteiger partial charge in [-0.25, -0.2) is 0 Å². The van der Waals surface area contributed by atoms with Gasteiger partial charge in [-0.2, -0.15) is 0 Å². The standard InChI is InChI=1S/C17H15N3O/c1-12-6-5-11-20(17(12)21)15-8-10-19-16(13(15)2)14-7-3-4-9-18-14/h3-11H,1-2H3. The van der Waals surface area contributed by atoms with E-state index in [1.54, 1.807) is 23.2 Å².